The van der Waals surface area contributed by atoms with E-state index in [1.165, 1.54) is 42.4 Å². The van der Waals surface area contributed by atoms with Crippen molar-refractivity contribution in [1.29, 1.82) is 0 Å². The zero-order valence-corrected chi connectivity index (χ0v) is 14.1. The van der Waals surface area contributed by atoms with Crippen molar-refractivity contribution in [2.45, 2.75) is 11.4 Å². The van der Waals surface area contributed by atoms with Crippen LogP contribution in [0.4, 0.5) is 10.3 Å². The Morgan fingerprint density at radius 2 is 1.96 bits per heavy atom. The minimum Gasteiger partial charge on any atom is -0.497 e. The van der Waals surface area contributed by atoms with Crippen LogP contribution in [0.15, 0.2) is 59.8 Å². The van der Waals surface area contributed by atoms with Gasteiger partial charge >= 0.3 is 0 Å². The lowest BCUT2D eigenvalue weighted by atomic mass is 10.2. The third-order valence-corrected chi connectivity index (χ3v) is 4.71. The van der Waals surface area contributed by atoms with Gasteiger partial charge in [-0.15, -0.1) is 5.10 Å². The summed E-state index contributed by atoms with van der Waals surface area (Å²) >= 11 is 0. The number of methoxy groups -OCH3 is 1. The topological polar surface area (TPSA) is 86.1 Å². The first-order chi connectivity index (χ1) is 12.0. The van der Waals surface area contributed by atoms with Crippen LogP contribution in [0.5, 0.6) is 5.75 Å². The van der Waals surface area contributed by atoms with Crippen LogP contribution in [0.2, 0.25) is 0 Å². The molecule has 0 amide bonds. The first-order valence-electron chi connectivity index (χ1n) is 7.27. The minimum absolute atomic E-state index is 0.0628. The lowest BCUT2D eigenvalue weighted by Gasteiger charge is -2.05. The van der Waals surface area contributed by atoms with Gasteiger partial charge in [-0.3, -0.25) is 0 Å². The second-order valence-electron chi connectivity index (χ2n) is 5.18. The Kier molecular flexibility index (Phi) is 4.66. The lowest BCUT2D eigenvalue weighted by Crippen LogP contribution is -2.14. The fraction of sp³-hybridized carbons (Fsp3) is 0.125. The number of sulfonamides is 1. The minimum atomic E-state index is -3.81. The van der Waals surface area contributed by atoms with Gasteiger partial charge in [0.2, 0.25) is 0 Å². The molecule has 0 bridgehead atoms. The van der Waals surface area contributed by atoms with Gasteiger partial charge in [0, 0.05) is 0 Å². The van der Waals surface area contributed by atoms with E-state index in [9.17, 15) is 12.8 Å². The monoisotopic (exact) mass is 362 g/mol. The van der Waals surface area contributed by atoms with E-state index in [0.717, 1.165) is 0 Å². The van der Waals surface area contributed by atoms with Gasteiger partial charge in [-0.25, -0.2) is 22.2 Å². The van der Waals surface area contributed by atoms with E-state index in [-0.39, 0.29) is 23.2 Å². The summed E-state index contributed by atoms with van der Waals surface area (Å²) in [6, 6.07) is 12.0. The molecule has 130 valence electrons. The Balaban J connectivity index is 1.73. The van der Waals surface area contributed by atoms with E-state index in [1.807, 2.05) is 0 Å². The largest absolute Gasteiger partial charge is 0.497 e. The van der Waals surface area contributed by atoms with Gasteiger partial charge in [-0.05, 0) is 42.0 Å². The highest BCUT2D eigenvalue weighted by atomic mass is 32.2. The van der Waals surface area contributed by atoms with E-state index >= 15 is 0 Å². The number of nitrogens with zero attached hydrogens (tertiary/aromatic N) is 3. The van der Waals surface area contributed by atoms with E-state index in [4.69, 9.17) is 4.74 Å². The molecule has 3 rings (SSSR count). The van der Waals surface area contributed by atoms with E-state index in [0.29, 0.717) is 11.3 Å². The number of hydrogen-bond donors (Lipinski definition) is 1. The number of halogens is 1. The van der Waals surface area contributed by atoms with E-state index in [1.54, 1.807) is 24.3 Å². The zero-order chi connectivity index (χ0) is 17.9. The molecule has 0 aliphatic carbocycles. The number of rotatable bonds is 6. The molecule has 0 unspecified atom stereocenters. The van der Waals surface area contributed by atoms with Crippen LogP contribution in [0, 0.1) is 5.82 Å². The molecule has 9 heteroatoms. The molecule has 7 nitrogen and oxygen atoms in total. The maximum Gasteiger partial charge on any atom is 0.264 e. The lowest BCUT2D eigenvalue weighted by molar-refractivity contribution is 0.414. The maximum absolute atomic E-state index is 13.2. The van der Waals surface area contributed by atoms with Crippen LogP contribution in [-0.2, 0) is 16.6 Å². The van der Waals surface area contributed by atoms with Crippen LogP contribution in [0.3, 0.4) is 0 Å². The molecule has 1 N–H and O–H groups in total. The molecule has 0 aliphatic rings. The third kappa shape index (κ3) is 4.13. The quantitative estimate of drug-likeness (QED) is 0.727. The molecule has 1 aromatic heterocycles. The Morgan fingerprint density at radius 3 is 2.64 bits per heavy atom. The third-order valence-electron chi connectivity index (χ3n) is 3.37. The van der Waals surface area contributed by atoms with Crippen molar-refractivity contribution in [3.8, 4) is 5.75 Å². The molecular weight excluding hydrogens is 347 g/mol. The zero-order valence-electron chi connectivity index (χ0n) is 13.3. The SMILES string of the molecule is COc1ccc(S(=O)(=O)Nc2ncn(Cc3cccc(F)c3)n2)cc1. The molecule has 0 saturated heterocycles. The number of hydrogen-bond acceptors (Lipinski definition) is 5. The van der Waals surface area contributed by atoms with Crippen molar-refractivity contribution in [1.82, 2.24) is 14.8 Å². The van der Waals surface area contributed by atoms with Crippen LogP contribution in [0.1, 0.15) is 5.56 Å². The summed E-state index contributed by atoms with van der Waals surface area (Å²) < 4.78 is 46.6. The number of nitrogens with one attached hydrogen (secondary N) is 1. The van der Waals surface area contributed by atoms with Gasteiger partial charge in [0.05, 0.1) is 18.6 Å². The summed E-state index contributed by atoms with van der Waals surface area (Å²) in [4.78, 5) is 3.99. The molecule has 0 spiro atoms. The second-order valence-corrected chi connectivity index (χ2v) is 6.86. The highest BCUT2D eigenvalue weighted by Crippen LogP contribution is 2.17. The average molecular weight is 362 g/mol. The van der Waals surface area contributed by atoms with Crippen LogP contribution in [0.25, 0.3) is 0 Å². The molecule has 2 aromatic carbocycles. The van der Waals surface area contributed by atoms with Gasteiger partial charge in [0.25, 0.3) is 16.0 Å². The summed E-state index contributed by atoms with van der Waals surface area (Å²) in [7, 11) is -2.31. The van der Waals surface area contributed by atoms with Crippen molar-refractivity contribution in [3.63, 3.8) is 0 Å². The Hall–Kier alpha value is -2.94. The molecule has 1 heterocycles. The first kappa shape index (κ1) is 16.9. The summed E-state index contributed by atoms with van der Waals surface area (Å²) in [5, 5.41) is 4.05. The highest BCUT2D eigenvalue weighted by Gasteiger charge is 2.16. The smallest absolute Gasteiger partial charge is 0.264 e. The van der Waals surface area contributed by atoms with E-state index < -0.39 is 10.0 Å². The fourth-order valence-electron chi connectivity index (χ4n) is 2.17. The van der Waals surface area contributed by atoms with Crippen molar-refractivity contribution in [3.05, 3.63) is 66.2 Å². The summed E-state index contributed by atoms with van der Waals surface area (Å²) in [5.74, 6) is 0.140. The van der Waals surface area contributed by atoms with Crippen molar-refractivity contribution in [2.75, 3.05) is 11.8 Å². The van der Waals surface area contributed by atoms with Gasteiger partial charge in [-0.1, -0.05) is 12.1 Å². The van der Waals surface area contributed by atoms with Crippen molar-refractivity contribution in [2.24, 2.45) is 0 Å². The Bertz CT molecular complexity index is 971. The number of benzene rings is 2. The molecule has 25 heavy (non-hydrogen) atoms. The predicted molar refractivity (Wildman–Crippen MR) is 89.3 cm³/mol. The highest BCUT2D eigenvalue weighted by molar-refractivity contribution is 7.92. The standard InChI is InChI=1S/C16H15FN4O3S/c1-24-14-5-7-15(8-6-14)25(22,23)20-16-18-11-21(19-16)10-12-3-2-4-13(17)9-12/h2-9,11H,10H2,1H3,(H,19,20). The van der Waals surface area contributed by atoms with Crippen LogP contribution >= 0.6 is 0 Å². The first-order valence-corrected chi connectivity index (χ1v) is 8.75. The van der Waals surface area contributed by atoms with Gasteiger partial charge in [-0.2, -0.15) is 4.98 Å². The second kappa shape index (κ2) is 6.89. The Morgan fingerprint density at radius 1 is 1.20 bits per heavy atom. The molecule has 3 aromatic rings. The van der Waals surface area contributed by atoms with Crippen molar-refractivity contribution >= 4 is 16.0 Å². The molecule has 0 saturated carbocycles. The average Bonchev–Trinajstić information content (AvgIpc) is 3.01. The van der Waals surface area contributed by atoms with Crippen LogP contribution < -0.4 is 9.46 Å². The number of ether oxygens (including phenoxy) is 1. The predicted octanol–water partition coefficient (Wildman–Crippen LogP) is 2.27. The summed E-state index contributed by atoms with van der Waals surface area (Å²) in [6.45, 7) is 0.273. The van der Waals surface area contributed by atoms with Gasteiger partial charge in [0.1, 0.15) is 17.9 Å². The fourth-order valence-corrected chi connectivity index (χ4v) is 3.12. The van der Waals surface area contributed by atoms with Gasteiger partial charge < -0.3 is 4.74 Å². The normalized spacial score (nSPS) is 11.3. The summed E-state index contributed by atoms with van der Waals surface area (Å²) in [6.07, 6.45) is 1.37. The van der Waals surface area contributed by atoms with Crippen molar-refractivity contribution < 1.29 is 17.5 Å². The summed E-state index contributed by atoms with van der Waals surface area (Å²) in [5.41, 5.74) is 0.689. The van der Waals surface area contributed by atoms with Crippen LogP contribution in [-0.4, -0.2) is 30.3 Å². The van der Waals surface area contributed by atoms with E-state index in [2.05, 4.69) is 14.8 Å². The molecular formula is C16H15FN4O3S. The Labute approximate surface area is 144 Å². The molecule has 0 radical (unpaired) electrons. The molecule has 0 fully saturated rings. The molecule has 0 atom stereocenters. The number of aromatic nitrogens is 3. The number of anilines is 1. The maximum atomic E-state index is 13.2. The molecule has 0 aliphatic heterocycles. The van der Waals surface area contributed by atoms with Gasteiger partial charge in [0.15, 0.2) is 0 Å².